The molecular formula is C18H37NO2. The average Bonchev–Trinajstić information content (AvgIpc) is 2.50. The van der Waals surface area contributed by atoms with Crippen molar-refractivity contribution >= 4 is 0 Å². The molecule has 3 atom stereocenters. The van der Waals surface area contributed by atoms with Crippen molar-refractivity contribution in [2.24, 2.45) is 11.3 Å². The molecule has 0 aromatic rings. The zero-order chi connectivity index (χ0) is 15.7. The van der Waals surface area contributed by atoms with E-state index in [-0.39, 0.29) is 0 Å². The van der Waals surface area contributed by atoms with Gasteiger partial charge in [-0.3, -0.25) is 0 Å². The number of hydrogen-bond donors (Lipinski definition) is 1. The van der Waals surface area contributed by atoms with Gasteiger partial charge in [0, 0.05) is 12.6 Å². The molecule has 0 saturated heterocycles. The number of hydrogen-bond acceptors (Lipinski definition) is 3. The van der Waals surface area contributed by atoms with Gasteiger partial charge < -0.3 is 14.8 Å². The van der Waals surface area contributed by atoms with Crippen molar-refractivity contribution in [3.05, 3.63) is 0 Å². The van der Waals surface area contributed by atoms with Crippen LogP contribution in [-0.4, -0.2) is 39.0 Å². The molecule has 21 heavy (non-hydrogen) atoms. The van der Waals surface area contributed by atoms with E-state index in [0.29, 0.717) is 17.6 Å². The number of ether oxygens (including phenoxy) is 2. The van der Waals surface area contributed by atoms with Gasteiger partial charge in [-0.05, 0) is 44.1 Å². The van der Waals surface area contributed by atoms with Crippen LogP contribution in [0, 0.1) is 11.3 Å². The second-order valence-electron chi connectivity index (χ2n) is 7.12. The fraction of sp³-hybridized carbons (Fsp3) is 1.00. The molecule has 0 bridgehead atoms. The van der Waals surface area contributed by atoms with E-state index < -0.39 is 0 Å². The van der Waals surface area contributed by atoms with E-state index in [0.717, 1.165) is 32.2 Å². The summed E-state index contributed by atoms with van der Waals surface area (Å²) in [7, 11) is 2.06. The van der Waals surface area contributed by atoms with Crippen molar-refractivity contribution in [3.8, 4) is 0 Å². The van der Waals surface area contributed by atoms with E-state index in [9.17, 15) is 0 Å². The standard InChI is InChI=1S/C18H37NO2/c1-6-8-11-20-12-13-21-17-14-15(18(3,4)7-2)9-10-16(17)19-5/h15-17,19H,6-14H2,1-5H3. The number of nitrogens with one attached hydrogen (secondary N) is 1. The second kappa shape index (κ2) is 9.81. The summed E-state index contributed by atoms with van der Waals surface area (Å²) in [5, 5.41) is 3.44. The maximum absolute atomic E-state index is 6.15. The Morgan fingerprint density at radius 2 is 1.86 bits per heavy atom. The predicted octanol–water partition coefficient (Wildman–Crippen LogP) is 4.01. The fourth-order valence-corrected chi connectivity index (χ4v) is 3.25. The highest BCUT2D eigenvalue weighted by Crippen LogP contribution is 2.41. The van der Waals surface area contributed by atoms with Gasteiger partial charge in [-0.25, -0.2) is 0 Å². The van der Waals surface area contributed by atoms with Crippen LogP contribution in [-0.2, 0) is 9.47 Å². The lowest BCUT2D eigenvalue weighted by Gasteiger charge is -2.42. The Morgan fingerprint density at radius 3 is 2.48 bits per heavy atom. The smallest absolute Gasteiger partial charge is 0.0731 e. The summed E-state index contributed by atoms with van der Waals surface area (Å²) in [5.41, 5.74) is 0.429. The van der Waals surface area contributed by atoms with Gasteiger partial charge in [0.1, 0.15) is 0 Å². The summed E-state index contributed by atoms with van der Waals surface area (Å²) >= 11 is 0. The quantitative estimate of drug-likeness (QED) is 0.618. The van der Waals surface area contributed by atoms with Gasteiger partial charge in [-0.1, -0.05) is 40.5 Å². The minimum atomic E-state index is 0.342. The summed E-state index contributed by atoms with van der Waals surface area (Å²) in [5.74, 6) is 0.776. The Balaban J connectivity index is 2.37. The first-order valence-electron chi connectivity index (χ1n) is 8.91. The van der Waals surface area contributed by atoms with Crippen LogP contribution in [0.1, 0.15) is 66.2 Å². The molecule has 0 aromatic carbocycles. The molecule has 0 radical (unpaired) electrons. The van der Waals surface area contributed by atoms with E-state index in [1.165, 1.54) is 32.1 Å². The number of rotatable bonds is 10. The van der Waals surface area contributed by atoms with Crippen LogP contribution in [0.4, 0.5) is 0 Å². The third-order valence-corrected chi connectivity index (χ3v) is 5.38. The molecule has 126 valence electrons. The Hall–Kier alpha value is -0.120. The molecule has 0 spiro atoms. The highest BCUT2D eigenvalue weighted by molar-refractivity contribution is 4.90. The van der Waals surface area contributed by atoms with Crippen LogP contribution in [0.2, 0.25) is 0 Å². The van der Waals surface area contributed by atoms with Crippen molar-refractivity contribution in [1.29, 1.82) is 0 Å². The van der Waals surface area contributed by atoms with E-state index in [4.69, 9.17) is 9.47 Å². The van der Waals surface area contributed by atoms with E-state index in [2.05, 4.69) is 40.1 Å². The van der Waals surface area contributed by atoms with Gasteiger partial charge in [0.15, 0.2) is 0 Å². The van der Waals surface area contributed by atoms with Gasteiger partial charge in [0.2, 0.25) is 0 Å². The molecule has 1 fully saturated rings. The summed E-state index contributed by atoms with van der Waals surface area (Å²) in [6.07, 6.45) is 7.66. The third-order valence-electron chi connectivity index (χ3n) is 5.38. The molecule has 3 unspecified atom stereocenters. The molecule has 3 heteroatoms. The van der Waals surface area contributed by atoms with Crippen molar-refractivity contribution < 1.29 is 9.47 Å². The van der Waals surface area contributed by atoms with Gasteiger partial charge in [0.25, 0.3) is 0 Å². The first kappa shape index (κ1) is 18.9. The molecule has 0 amide bonds. The first-order chi connectivity index (χ1) is 10.0. The summed E-state index contributed by atoms with van der Waals surface area (Å²) < 4.78 is 11.8. The van der Waals surface area contributed by atoms with E-state index in [1.54, 1.807) is 0 Å². The predicted molar refractivity (Wildman–Crippen MR) is 89.7 cm³/mol. The molecule has 1 aliphatic rings. The van der Waals surface area contributed by atoms with Gasteiger partial charge in [0.05, 0.1) is 19.3 Å². The normalized spacial score (nSPS) is 27.0. The van der Waals surface area contributed by atoms with Gasteiger partial charge in [-0.15, -0.1) is 0 Å². The van der Waals surface area contributed by atoms with Crippen LogP contribution in [0.15, 0.2) is 0 Å². The van der Waals surface area contributed by atoms with Crippen LogP contribution >= 0.6 is 0 Å². The van der Waals surface area contributed by atoms with Crippen LogP contribution < -0.4 is 5.32 Å². The minimum absolute atomic E-state index is 0.342. The van der Waals surface area contributed by atoms with Crippen LogP contribution in [0.5, 0.6) is 0 Å². The summed E-state index contributed by atoms with van der Waals surface area (Å²) in [4.78, 5) is 0. The van der Waals surface area contributed by atoms with Crippen LogP contribution in [0.3, 0.4) is 0 Å². The molecule has 0 aliphatic heterocycles. The molecule has 1 N–H and O–H groups in total. The molecule has 3 nitrogen and oxygen atoms in total. The Bertz CT molecular complexity index is 268. The lowest BCUT2D eigenvalue weighted by Crippen LogP contribution is -2.46. The van der Waals surface area contributed by atoms with Crippen molar-refractivity contribution in [1.82, 2.24) is 5.32 Å². The van der Waals surface area contributed by atoms with Crippen molar-refractivity contribution in [3.63, 3.8) is 0 Å². The highest BCUT2D eigenvalue weighted by atomic mass is 16.5. The Morgan fingerprint density at radius 1 is 1.10 bits per heavy atom. The Kier molecular flexibility index (Phi) is 8.84. The fourth-order valence-electron chi connectivity index (χ4n) is 3.25. The third kappa shape index (κ3) is 6.25. The van der Waals surface area contributed by atoms with Crippen LogP contribution in [0.25, 0.3) is 0 Å². The van der Waals surface area contributed by atoms with Crippen molar-refractivity contribution in [2.75, 3.05) is 26.9 Å². The zero-order valence-corrected chi connectivity index (χ0v) is 14.9. The molecule has 1 saturated carbocycles. The van der Waals surface area contributed by atoms with Gasteiger partial charge >= 0.3 is 0 Å². The largest absolute Gasteiger partial charge is 0.379 e. The summed E-state index contributed by atoms with van der Waals surface area (Å²) in [6, 6.07) is 0.504. The number of likely N-dealkylation sites (N-methyl/N-ethyl adjacent to an activating group) is 1. The second-order valence-corrected chi connectivity index (χ2v) is 7.12. The van der Waals surface area contributed by atoms with Gasteiger partial charge in [-0.2, -0.15) is 0 Å². The van der Waals surface area contributed by atoms with E-state index >= 15 is 0 Å². The topological polar surface area (TPSA) is 30.5 Å². The lowest BCUT2D eigenvalue weighted by molar-refractivity contribution is -0.0495. The molecule has 1 aliphatic carbocycles. The average molecular weight is 299 g/mol. The zero-order valence-electron chi connectivity index (χ0n) is 14.9. The molecule has 0 heterocycles. The number of unbranched alkanes of at least 4 members (excludes halogenated alkanes) is 1. The Labute approximate surface area is 132 Å². The highest BCUT2D eigenvalue weighted by Gasteiger charge is 2.37. The minimum Gasteiger partial charge on any atom is -0.379 e. The van der Waals surface area contributed by atoms with Crippen molar-refractivity contribution in [2.45, 2.75) is 78.4 Å². The summed E-state index contributed by atoms with van der Waals surface area (Å²) in [6.45, 7) is 11.6. The SMILES string of the molecule is CCCCOCCOC1CC(C(C)(C)CC)CCC1NC. The molecule has 1 rings (SSSR count). The lowest BCUT2D eigenvalue weighted by atomic mass is 9.68. The molecule has 0 aromatic heterocycles. The monoisotopic (exact) mass is 299 g/mol. The maximum Gasteiger partial charge on any atom is 0.0731 e. The molecular weight excluding hydrogens is 262 g/mol. The maximum atomic E-state index is 6.15. The van der Waals surface area contributed by atoms with E-state index in [1.807, 2.05) is 0 Å². The first-order valence-corrected chi connectivity index (χ1v) is 8.91.